The Labute approximate surface area is 99.9 Å². The van der Waals surface area contributed by atoms with E-state index >= 15 is 0 Å². The van der Waals surface area contributed by atoms with Crippen LogP contribution < -0.4 is 5.32 Å². The first-order valence-electron chi connectivity index (χ1n) is 6.40. The highest BCUT2D eigenvalue weighted by Gasteiger charge is 2.33. The summed E-state index contributed by atoms with van der Waals surface area (Å²) in [6.07, 6.45) is 4.95. The molecule has 96 valence electrons. The Bertz CT molecular complexity index is 193. The molecule has 1 saturated carbocycles. The first-order valence-corrected chi connectivity index (χ1v) is 6.40. The molecular weight excluding hydrogens is 202 g/mol. The molecule has 0 aromatic rings. The maximum absolute atomic E-state index is 6.04. The Morgan fingerprint density at radius 2 is 1.75 bits per heavy atom. The molecule has 0 aliphatic heterocycles. The van der Waals surface area contributed by atoms with E-state index in [1.807, 2.05) is 7.05 Å². The third-order valence-corrected chi connectivity index (χ3v) is 3.04. The summed E-state index contributed by atoms with van der Waals surface area (Å²) >= 11 is 0. The van der Waals surface area contributed by atoms with E-state index in [-0.39, 0.29) is 11.2 Å². The third-order valence-electron chi connectivity index (χ3n) is 3.04. The van der Waals surface area contributed by atoms with E-state index in [1.54, 1.807) is 0 Å². The summed E-state index contributed by atoms with van der Waals surface area (Å²) < 4.78 is 11.7. The van der Waals surface area contributed by atoms with Crippen LogP contribution in [0.2, 0.25) is 0 Å². The van der Waals surface area contributed by atoms with Crippen molar-refractivity contribution in [3.05, 3.63) is 0 Å². The minimum Gasteiger partial charge on any atom is -0.373 e. The van der Waals surface area contributed by atoms with Crippen molar-refractivity contribution in [2.45, 2.75) is 57.7 Å². The van der Waals surface area contributed by atoms with Crippen molar-refractivity contribution >= 4 is 0 Å². The minimum absolute atomic E-state index is 0.0603. The summed E-state index contributed by atoms with van der Waals surface area (Å²) in [5.41, 5.74) is 0.0190. The van der Waals surface area contributed by atoms with Gasteiger partial charge >= 0.3 is 0 Å². The van der Waals surface area contributed by atoms with Gasteiger partial charge in [0.2, 0.25) is 0 Å². The number of hydrogen-bond acceptors (Lipinski definition) is 3. The SMILES string of the molecule is CNCC1(OCCOC(C)(C)C)CCCC1. The Hall–Kier alpha value is -0.120. The van der Waals surface area contributed by atoms with Crippen LogP contribution in [0.5, 0.6) is 0 Å². The predicted molar refractivity (Wildman–Crippen MR) is 66.8 cm³/mol. The molecule has 0 atom stereocenters. The van der Waals surface area contributed by atoms with Crippen LogP contribution >= 0.6 is 0 Å². The molecule has 0 bridgehead atoms. The molecule has 3 nitrogen and oxygen atoms in total. The van der Waals surface area contributed by atoms with Gasteiger partial charge in [-0.3, -0.25) is 0 Å². The van der Waals surface area contributed by atoms with E-state index in [1.165, 1.54) is 25.7 Å². The second kappa shape index (κ2) is 5.99. The number of rotatable bonds is 6. The lowest BCUT2D eigenvalue weighted by atomic mass is 10.0. The van der Waals surface area contributed by atoms with Crippen molar-refractivity contribution in [2.24, 2.45) is 0 Å². The molecule has 0 aromatic carbocycles. The molecule has 0 spiro atoms. The maximum Gasteiger partial charge on any atom is 0.0807 e. The quantitative estimate of drug-likeness (QED) is 0.709. The van der Waals surface area contributed by atoms with E-state index in [0.29, 0.717) is 13.2 Å². The van der Waals surface area contributed by atoms with Crippen molar-refractivity contribution in [1.29, 1.82) is 0 Å². The first-order chi connectivity index (χ1) is 7.47. The molecule has 1 aliphatic carbocycles. The molecule has 3 heteroatoms. The van der Waals surface area contributed by atoms with Crippen LogP contribution in [-0.2, 0) is 9.47 Å². The van der Waals surface area contributed by atoms with Gasteiger partial charge in [0.05, 0.1) is 24.4 Å². The average molecular weight is 229 g/mol. The zero-order chi connectivity index (χ0) is 12.1. The van der Waals surface area contributed by atoms with Gasteiger partial charge in [0.1, 0.15) is 0 Å². The molecule has 1 rings (SSSR count). The lowest BCUT2D eigenvalue weighted by Gasteiger charge is -2.30. The molecule has 0 radical (unpaired) electrons. The van der Waals surface area contributed by atoms with Crippen molar-refractivity contribution in [1.82, 2.24) is 5.32 Å². The van der Waals surface area contributed by atoms with Gasteiger partial charge in [-0.2, -0.15) is 0 Å². The van der Waals surface area contributed by atoms with Gasteiger partial charge in [0.15, 0.2) is 0 Å². The fraction of sp³-hybridized carbons (Fsp3) is 1.00. The summed E-state index contributed by atoms with van der Waals surface area (Å²) in [7, 11) is 2.00. The number of hydrogen-bond donors (Lipinski definition) is 1. The summed E-state index contributed by atoms with van der Waals surface area (Å²) in [6, 6.07) is 0. The lowest BCUT2D eigenvalue weighted by Crippen LogP contribution is -2.40. The van der Waals surface area contributed by atoms with Crippen LogP contribution in [0.4, 0.5) is 0 Å². The number of nitrogens with one attached hydrogen (secondary N) is 1. The van der Waals surface area contributed by atoms with Crippen molar-refractivity contribution in [3.8, 4) is 0 Å². The fourth-order valence-corrected chi connectivity index (χ4v) is 2.32. The van der Waals surface area contributed by atoms with Gasteiger partial charge in [0.25, 0.3) is 0 Å². The Kier molecular flexibility index (Phi) is 5.22. The molecule has 0 aromatic heterocycles. The highest BCUT2D eigenvalue weighted by molar-refractivity contribution is 4.88. The van der Waals surface area contributed by atoms with Gasteiger partial charge in [-0.15, -0.1) is 0 Å². The molecule has 0 saturated heterocycles. The highest BCUT2D eigenvalue weighted by Crippen LogP contribution is 2.32. The molecule has 1 fully saturated rings. The van der Waals surface area contributed by atoms with Gasteiger partial charge in [0, 0.05) is 6.54 Å². The molecule has 0 heterocycles. The molecule has 1 N–H and O–H groups in total. The molecule has 0 unspecified atom stereocenters. The van der Waals surface area contributed by atoms with E-state index in [9.17, 15) is 0 Å². The zero-order valence-electron chi connectivity index (χ0n) is 11.3. The largest absolute Gasteiger partial charge is 0.373 e. The Morgan fingerprint density at radius 3 is 2.25 bits per heavy atom. The summed E-state index contributed by atoms with van der Waals surface area (Å²) in [5, 5.41) is 3.24. The molecular formula is C13H27NO2. The topological polar surface area (TPSA) is 30.5 Å². The lowest BCUT2D eigenvalue weighted by molar-refractivity contribution is -0.0882. The van der Waals surface area contributed by atoms with Gasteiger partial charge in [-0.1, -0.05) is 12.8 Å². The zero-order valence-corrected chi connectivity index (χ0v) is 11.3. The summed E-state index contributed by atoms with van der Waals surface area (Å²) in [6.45, 7) is 8.58. The molecule has 0 amide bonds. The monoisotopic (exact) mass is 229 g/mol. The minimum atomic E-state index is -0.0603. The van der Waals surface area contributed by atoms with Crippen LogP contribution in [0, 0.1) is 0 Å². The molecule has 1 aliphatic rings. The van der Waals surface area contributed by atoms with Crippen molar-refractivity contribution in [3.63, 3.8) is 0 Å². The normalized spacial score (nSPS) is 20.2. The van der Waals surface area contributed by atoms with Gasteiger partial charge < -0.3 is 14.8 Å². The Morgan fingerprint density at radius 1 is 1.12 bits per heavy atom. The van der Waals surface area contributed by atoms with Crippen LogP contribution in [-0.4, -0.2) is 38.0 Å². The summed E-state index contributed by atoms with van der Waals surface area (Å²) in [5.74, 6) is 0. The van der Waals surface area contributed by atoms with Crippen LogP contribution in [0.3, 0.4) is 0 Å². The van der Waals surface area contributed by atoms with E-state index in [4.69, 9.17) is 9.47 Å². The second-order valence-electron chi connectivity index (χ2n) is 5.73. The summed E-state index contributed by atoms with van der Waals surface area (Å²) in [4.78, 5) is 0. The standard InChI is InChI=1S/C13H27NO2/c1-12(2,3)15-9-10-16-13(11-14-4)7-5-6-8-13/h14H,5-11H2,1-4H3. The fourth-order valence-electron chi connectivity index (χ4n) is 2.32. The number of ether oxygens (including phenoxy) is 2. The highest BCUT2D eigenvalue weighted by atomic mass is 16.5. The predicted octanol–water partition coefficient (Wildman–Crippen LogP) is 2.35. The van der Waals surface area contributed by atoms with Crippen LogP contribution in [0.15, 0.2) is 0 Å². The smallest absolute Gasteiger partial charge is 0.0807 e. The van der Waals surface area contributed by atoms with E-state index in [2.05, 4.69) is 26.1 Å². The Balaban J connectivity index is 2.23. The van der Waals surface area contributed by atoms with Gasteiger partial charge in [-0.05, 0) is 40.7 Å². The first kappa shape index (κ1) is 13.9. The van der Waals surface area contributed by atoms with Gasteiger partial charge in [-0.25, -0.2) is 0 Å². The van der Waals surface area contributed by atoms with E-state index in [0.717, 1.165) is 6.54 Å². The van der Waals surface area contributed by atoms with Crippen molar-refractivity contribution < 1.29 is 9.47 Å². The van der Waals surface area contributed by atoms with E-state index < -0.39 is 0 Å². The van der Waals surface area contributed by atoms with Crippen LogP contribution in [0.1, 0.15) is 46.5 Å². The second-order valence-corrected chi connectivity index (χ2v) is 5.73. The average Bonchev–Trinajstić information content (AvgIpc) is 2.61. The molecule has 16 heavy (non-hydrogen) atoms. The maximum atomic E-state index is 6.04. The number of likely N-dealkylation sites (N-methyl/N-ethyl adjacent to an activating group) is 1. The third kappa shape index (κ3) is 4.81. The van der Waals surface area contributed by atoms with Crippen molar-refractivity contribution in [2.75, 3.05) is 26.8 Å². The van der Waals surface area contributed by atoms with Crippen LogP contribution in [0.25, 0.3) is 0 Å².